The molecule has 0 bridgehead atoms. The molecule has 2 saturated carbocycles. The minimum atomic E-state index is -2.05. The molecule has 7 N–H and O–H groups in total. The molecular formula is C37H50O12. The molecule has 2 aromatic carbocycles. The summed E-state index contributed by atoms with van der Waals surface area (Å²) in [5, 5.41) is 76.3. The van der Waals surface area contributed by atoms with Crippen molar-refractivity contribution in [2.45, 2.75) is 102 Å². The summed E-state index contributed by atoms with van der Waals surface area (Å²) >= 11 is 0. The Morgan fingerprint density at radius 3 is 2.41 bits per heavy atom. The standard InChI is InChI=1S/C37H50O12/c1-19-11-23-12-24(34(44)45)13-26(30(23)31(41)28(19)20(2)40)48-35-32(42)33(43)37(46,27(16-39)49-35)9-5-21-14-36(7-3-4-8-36)15-25-18-47-17-22(6-10-38)29(21)25/h11-13,21-22,25,27,29,32-33,35,38-39,41-43,46H,3-10,14-18H2,1-2H3,(H,44,45)/t21-,22-,25-,27-,29+,32-,33-,35+,37-/m1/s1. The number of carbonyl (C=O) groups excluding carboxylic acids is 1. The molecule has 2 aromatic rings. The smallest absolute Gasteiger partial charge is 0.335 e. The van der Waals surface area contributed by atoms with Gasteiger partial charge in [0.25, 0.3) is 0 Å². The van der Waals surface area contributed by atoms with Gasteiger partial charge in [-0.2, -0.15) is 0 Å². The predicted octanol–water partition coefficient (Wildman–Crippen LogP) is 3.32. The number of carbonyl (C=O) groups is 2. The van der Waals surface area contributed by atoms with Crippen molar-refractivity contribution >= 4 is 22.5 Å². The number of aryl methyl sites for hydroxylation is 1. The van der Waals surface area contributed by atoms with Gasteiger partial charge in [0.2, 0.25) is 6.29 Å². The normalized spacial score (nSPS) is 34.2. The Morgan fingerprint density at radius 2 is 1.76 bits per heavy atom. The van der Waals surface area contributed by atoms with Gasteiger partial charge in [0.1, 0.15) is 35.4 Å². The van der Waals surface area contributed by atoms with Crippen LogP contribution in [-0.2, 0) is 9.47 Å². The van der Waals surface area contributed by atoms with E-state index >= 15 is 0 Å². The number of carboxylic acids is 1. The summed E-state index contributed by atoms with van der Waals surface area (Å²) in [6, 6.07) is 3.98. The number of fused-ring (bicyclic) bond motifs is 2. The average molecular weight is 687 g/mol. The maximum absolute atomic E-state index is 12.4. The fraction of sp³-hybridized carbons (Fsp3) is 0.676. The molecule has 4 aliphatic rings. The zero-order valence-electron chi connectivity index (χ0n) is 28.2. The van der Waals surface area contributed by atoms with Crippen LogP contribution in [0.15, 0.2) is 18.2 Å². The van der Waals surface area contributed by atoms with Gasteiger partial charge in [-0.05, 0) is 111 Å². The number of hydrogen-bond acceptors (Lipinski definition) is 11. The van der Waals surface area contributed by atoms with E-state index in [9.17, 15) is 45.3 Å². The highest BCUT2D eigenvalue weighted by Crippen LogP contribution is 2.58. The van der Waals surface area contributed by atoms with E-state index in [1.54, 1.807) is 13.0 Å². The average Bonchev–Trinajstić information content (AvgIpc) is 3.50. The van der Waals surface area contributed by atoms with Crippen LogP contribution < -0.4 is 4.74 Å². The second kappa shape index (κ2) is 14.1. The fourth-order valence-corrected chi connectivity index (χ4v) is 9.97. The van der Waals surface area contributed by atoms with E-state index < -0.39 is 54.3 Å². The van der Waals surface area contributed by atoms with Gasteiger partial charge in [-0.25, -0.2) is 4.79 Å². The predicted molar refractivity (Wildman–Crippen MR) is 177 cm³/mol. The number of hydrogen-bond donors (Lipinski definition) is 7. The van der Waals surface area contributed by atoms with E-state index in [0.717, 1.165) is 31.7 Å². The maximum atomic E-state index is 12.4. The first-order chi connectivity index (χ1) is 23.3. The molecule has 0 aromatic heterocycles. The third-order valence-electron chi connectivity index (χ3n) is 12.1. The molecule has 270 valence electrons. The molecule has 12 heteroatoms. The number of ether oxygens (including phenoxy) is 3. The number of benzene rings is 2. The van der Waals surface area contributed by atoms with Crippen LogP contribution in [0, 0.1) is 36.0 Å². The van der Waals surface area contributed by atoms with Crippen LogP contribution >= 0.6 is 0 Å². The number of rotatable bonds is 10. The van der Waals surface area contributed by atoms with E-state index in [-0.39, 0.29) is 63.8 Å². The van der Waals surface area contributed by atoms with E-state index in [1.807, 2.05) is 0 Å². The van der Waals surface area contributed by atoms with Crippen molar-refractivity contribution in [2.75, 3.05) is 26.4 Å². The summed E-state index contributed by atoms with van der Waals surface area (Å²) < 4.78 is 17.9. The zero-order chi connectivity index (χ0) is 35.2. The molecule has 0 unspecified atom stereocenters. The lowest BCUT2D eigenvalue weighted by molar-refractivity contribution is -0.315. The number of aromatic carboxylic acids is 1. The van der Waals surface area contributed by atoms with Crippen molar-refractivity contribution in [2.24, 2.45) is 29.1 Å². The number of Topliss-reactive ketones (excluding diaryl/α,β-unsaturated/α-hetero) is 1. The molecule has 0 radical (unpaired) electrons. The van der Waals surface area contributed by atoms with Crippen LogP contribution in [0.2, 0.25) is 0 Å². The quantitative estimate of drug-likeness (QED) is 0.180. The van der Waals surface area contributed by atoms with Crippen LogP contribution in [0.4, 0.5) is 0 Å². The highest BCUT2D eigenvalue weighted by Gasteiger charge is 2.57. The lowest BCUT2D eigenvalue weighted by Crippen LogP contribution is -2.68. The Balaban J connectivity index is 1.27. The molecule has 2 heterocycles. The first-order valence-corrected chi connectivity index (χ1v) is 17.6. The molecule has 0 amide bonds. The number of ketones is 1. The van der Waals surface area contributed by atoms with Crippen LogP contribution in [0.25, 0.3) is 10.8 Å². The van der Waals surface area contributed by atoms with Gasteiger partial charge >= 0.3 is 5.97 Å². The molecule has 12 nitrogen and oxygen atoms in total. The zero-order valence-corrected chi connectivity index (χ0v) is 28.2. The van der Waals surface area contributed by atoms with Crippen molar-refractivity contribution in [1.29, 1.82) is 0 Å². The third kappa shape index (κ3) is 6.57. The monoisotopic (exact) mass is 686 g/mol. The number of carboxylic acid groups (broad SMARTS) is 1. The van der Waals surface area contributed by atoms with Gasteiger partial charge < -0.3 is 50.0 Å². The summed E-state index contributed by atoms with van der Waals surface area (Å²) in [6.45, 7) is 3.47. The molecule has 4 fully saturated rings. The number of aliphatic hydroxyl groups excluding tert-OH is 4. The summed E-state index contributed by atoms with van der Waals surface area (Å²) in [5.74, 6) is -1.42. The molecule has 2 saturated heterocycles. The minimum Gasteiger partial charge on any atom is -0.506 e. The van der Waals surface area contributed by atoms with E-state index in [4.69, 9.17) is 14.2 Å². The van der Waals surface area contributed by atoms with Gasteiger partial charge in [-0.3, -0.25) is 4.79 Å². The lowest BCUT2D eigenvalue weighted by Gasteiger charge is -2.53. The van der Waals surface area contributed by atoms with Gasteiger partial charge in [-0.1, -0.05) is 18.9 Å². The van der Waals surface area contributed by atoms with Gasteiger partial charge in [0.05, 0.1) is 23.1 Å². The van der Waals surface area contributed by atoms with Crippen LogP contribution in [-0.4, -0.2) is 104 Å². The fourth-order valence-electron chi connectivity index (χ4n) is 9.97. The molecule has 6 rings (SSSR count). The number of phenolic OH excluding ortho intramolecular Hbond substituents is 1. The van der Waals surface area contributed by atoms with Gasteiger partial charge in [-0.15, -0.1) is 0 Å². The van der Waals surface area contributed by atoms with Gasteiger partial charge in [0, 0.05) is 19.8 Å². The number of aliphatic hydroxyl groups is 5. The number of phenols is 1. The summed E-state index contributed by atoms with van der Waals surface area (Å²) in [5.41, 5.74) is -1.60. The highest BCUT2D eigenvalue weighted by molar-refractivity contribution is 6.08. The Labute approximate surface area is 285 Å². The molecule has 9 atom stereocenters. The van der Waals surface area contributed by atoms with Crippen molar-refractivity contribution in [3.05, 3.63) is 34.9 Å². The van der Waals surface area contributed by atoms with E-state index in [1.165, 1.54) is 25.8 Å². The van der Waals surface area contributed by atoms with Crippen LogP contribution in [0.3, 0.4) is 0 Å². The molecule has 2 aliphatic heterocycles. The van der Waals surface area contributed by atoms with Crippen molar-refractivity contribution in [1.82, 2.24) is 0 Å². The maximum Gasteiger partial charge on any atom is 0.335 e. The molecular weight excluding hydrogens is 636 g/mol. The second-order valence-electron chi connectivity index (χ2n) is 15.1. The van der Waals surface area contributed by atoms with E-state index in [2.05, 4.69) is 0 Å². The first-order valence-electron chi connectivity index (χ1n) is 17.6. The van der Waals surface area contributed by atoms with Crippen molar-refractivity contribution in [3.8, 4) is 11.5 Å². The second-order valence-corrected chi connectivity index (χ2v) is 15.1. The Hall–Kier alpha value is -2.84. The largest absolute Gasteiger partial charge is 0.506 e. The van der Waals surface area contributed by atoms with Crippen molar-refractivity contribution in [3.63, 3.8) is 0 Å². The first kappa shape index (κ1) is 36.0. The Bertz CT molecular complexity index is 1550. The van der Waals surface area contributed by atoms with Crippen molar-refractivity contribution < 1.29 is 59.5 Å². The molecule has 2 aliphatic carbocycles. The summed E-state index contributed by atoms with van der Waals surface area (Å²) in [7, 11) is 0. The van der Waals surface area contributed by atoms with E-state index in [0.29, 0.717) is 37.5 Å². The topological polar surface area (TPSA) is 203 Å². The highest BCUT2D eigenvalue weighted by atomic mass is 16.7. The third-order valence-corrected chi connectivity index (χ3v) is 12.1. The molecule has 1 spiro atoms. The van der Waals surface area contributed by atoms with Crippen LogP contribution in [0.5, 0.6) is 11.5 Å². The van der Waals surface area contributed by atoms with Gasteiger partial charge in [0.15, 0.2) is 5.78 Å². The number of aromatic hydroxyl groups is 1. The van der Waals surface area contributed by atoms with Crippen LogP contribution in [0.1, 0.15) is 91.0 Å². The summed E-state index contributed by atoms with van der Waals surface area (Å²) in [6.07, 6.45) is 1.16. The Kier molecular flexibility index (Phi) is 10.3. The Morgan fingerprint density at radius 1 is 1.02 bits per heavy atom. The minimum absolute atomic E-state index is 0.00839. The SMILES string of the molecule is CC(=O)c1c(C)cc2cc(C(=O)O)cc(O[C@H]3O[C@H](CO)[C@](O)(CC[C@@H]4CC5(CCCC5)C[C@@H]5COC[C@@H](CCO)[C@H]45)[C@H](O)[C@H]3O)c2c1O. The lowest BCUT2D eigenvalue weighted by atomic mass is 9.55. The molecule has 49 heavy (non-hydrogen) atoms. The summed E-state index contributed by atoms with van der Waals surface area (Å²) in [4.78, 5) is 24.4.